The normalized spacial score (nSPS) is 14.2. The zero-order valence-electron chi connectivity index (χ0n) is 37.5. The first-order chi connectivity index (χ1) is 28.0. The maximum atomic E-state index is 12.7. The van der Waals surface area contributed by atoms with Crippen molar-refractivity contribution >= 4 is 19.8 Å². The third-order valence-corrected chi connectivity index (χ3v) is 10.2. The lowest BCUT2D eigenvalue weighted by Crippen LogP contribution is -2.37. The Morgan fingerprint density at radius 3 is 1.43 bits per heavy atom. The Morgan fingerprint density at radius 1 is 0.534 bits per heavy atom. The summed E-state index contributed by atoms with van der Waals surface area (Å²) in [6, 6.07) is 0. The smallest absolute Gasteiger partial charge is 0.462 e. The highest BCUT2D eigenvalue weighted by Crippen LogP contribution is 2.43. The summed E-state index contributed by atoms with van der Waals surface area (Å²) in [6.45, 7) is 4.28. The summed E-state index contributed by atoms with van der Waals surface area (Å²) < 4.78 is 34.3. The summed E-state index contributed by atoms with van der Waals surface area (Å²) >= 11 is 0. The molecule has 0 aromatic rings. The Balaban J connectivity index is 4.46. The molecule has 334 valence electrons. The van der Waals surface area contributed by atoms with Gasteiger partial charge in [-0.2, -0.15) is 0 Å². The first kappa shape index (κ1) is 55.5. The average Bonchev–Trinajstić information content (AvgIpc) is 3.17. The molecule has 9 nitrogen and oxygen atoms in total. The van der Waals surface area contributed by atoms with Gasteiger partial charge in [-0.25, -0.2) is 4.57 Å². The SMILES string of the molecule is CCCCC/C=C/C/C=C/C/C=C/C/C=C/CCCC(=O)OC[C@H](COP(=O)(O)OCC[N+](C)(C)C)OC(=O)CCCCCCCCC/C=C/C/C=C/CCCCC. The summed E-state index contributed by atoms with van der Waals surface area (Å²) in [5.74, 6) is -0.879. The maximum absolute atomic E-state index is 12.7. The van der Waals surface area contributed by atoms with E-state index >= 15 is 0 Å². The Hall–Kier alpha value is -2.55. The second kappa shape index (κ2) is 39.9. The van der Waals surface area contributed by atoms with E-state index in [1.165, 1.54) is 70.6 Å². The number of carbonyl (C=O) groups is 2. The van der Waals surface area contributed by atoms with Gasteiger partial charge in [-0.05, 0) is 83.5 Å². The molecule has 1 unspecified atom stereocenters. The van der Waals surface area contributed by atoms with E-state index in [9.17, 15) is 19.0 Å². The Morgan fingerprint density at radius 2 is 0.948 bits per heavy atom. The summed E-state index contributed by atoms with van der Waals surface area (Å²) in [5, 5.41) is 0. The van der Waals surface area contributed by atoms with Crippen molar-refractivity contribution in [3.05, 3.63) is 72.9 Å². The van der Waals surface area contributed by atoms with Crippen molar-refractivity contribution in [1.82, 2.24) is 0 Å². The number of rotatable bonds is 40. The number of nitrogens with zero attached hydrogens (tertiary/aromatic N) is 1. The van der Waals surface area contributed by atoms with Gasteiger partial charge in [0.25, 0.3) is 0 Å². The third-order valence-electron chi connectivity index (χ3n) is 9.21. The van der Waals surface area contributed by atoms with E-state index in [4.69, 9.17) is 18.5 Å². The van der Waals surface area contributed by atoms with Crippen LogP contribution in [-0.4, -0.2) is 74.9 Å². The molecule has 10 heteroatoms. The third kappa shape index (κ3) is 43.0. The molecule has 0 bridgehead atoms. The molecule has 1 N–H and O–H groups in total. The molecule has 0 saturated carbocycles. The van der Waals surface area contributed by atoms with Crippen LogP contribution < -0.4 is 0 Å². The van der Waals surface area contributed by atoms with Gasteiger partial charge in [0, 0.05) is 12.8 Å². The van der Waals surface area contributed by atoms with Gasteiger partial charge >= 0.3 is 19.8 Å². The van der Waals surface area contributed by atoms with E-state index in [1.807, 2.05) is 21.1 Å². The second-order valence-corrected chi connectivity index (χ2v) is 17.5. The number of esters is 2. The molecule has 0 amide bonds. The van der Waals surface area contributed by atoms with E-state index in [0.29, 0.717) is 23.9 Å². The van der Waals surface area contributed by atoms with E-state index in [1.54, 1.807) is 0 Å². The molecule has 0 aliphatic carbocycles. The number of likely N-dealkylation sites (N-methyl/N-ethyl adjacent to an activating group) is 1. The number of hydrogen-bond donors (Lipinski definition) is 1. The Kier molecular flexibility index (Phi) is 38.1. The van der Waals surface area contributed by atoms with Gasteiger partial charge in [-0.15, -0.1) is 0 Å². The number of allylic oxidation sites excluding steroid dienone is 12. The van der Waals surface area contributed by atoms with Gasteiger partial charge in [0.05, 0.1) is 27.7 Å². The number of phosphoric ester groups is 1. The summed E-state index contributed by atoms with van der Waals surface area (Å²) in [7, 11) is 1.43. The maximum Gasteiger partial charge on any atom is 0.472 e. The van der Waals surface area contributed by atoms with E-state index < -0.39 is 32.5 Å². The van der Waals surface area contributed by atoms with Gasteiger partial charge in [-0.3, -0.25) is 18.6 Å². The molecule has 0 heterocycles. The number of carbonyl (C=O) groups excluding carboxylic acids is 2. The van der Waals surface area contributed by atoms with Crippen molar-refractivity contribution in [2.45, 2.75) is 174 Å². The van der Waals surface area contributed by atoms with Gasteiger partial charge in [0.2, 0.25) is 0 Å². The monoisotopic (exact) mass is 835 g/mol. The minimum absolute atomic E-state index is 0.0182. The number of ether oxygens (including phenoxy) is 2. The van der Waals surface area contributed by atoms with E-state index in [-0.39, 0.29) is 26.1 Å². The van der Waals surface area contributed by atoms with Crippen molar-refractivity contribution < 1.29 is 42.1 Å². The predicted molar refractivity (Wildman–Crippen MR) is 242 cm³/mol. The fraction of sp³-hybridized carbons (Fsp3) is 0.708. The highest BCUT2D eigenvalue weighted by atomic mass is 31.2. The summed E-state index contributed by atoms with van der Waals surface area (Å²) in [5.41, 5.74) is 0. The van der Waals surface area contributed by atoms with Crippen LogP contribution in [-0.2, 0) is 32.7 Å². The number of hydrogen-bond acceptors (Lipinski definition) is 7. The molecule has 0 fully saturated rings. The van der Waals surface area contributed by atoms with Crippen LogP contribution in [0.4, 0.5) is 0 Å². The van der Waals surface area contributed by atoms with Crippen LogP contribution in [0.3, 0.4) is 0 Å². The van der Waals surface area contributed by atoms with Crippen LogP contribution in [0.1, 0.15) is 168 Å². The lowest BCUT2D eigenvalue weighted by molar-refractivity contribution is -0.870. The molecule has 0 aromatic heterocycles. The van der Waals surface area contributed by atoms with Crippen LogP contribution >= 0.6 is 7.82 Å². The Bertz CT molecular complexity index is 1220. The lowest BCUT2D eigenvalue weighted by Gasteiger charge is -2.24. The molecule has 0 saturated heterocycles. The quantitative estimate of drug-likeness (QED) is 0.0214. The topological polar surface area (TPSA) is 108 Å². The van der Waals surface area contributed by atoms with Gasteiger partial charge in [0.1, 0.15) is 19.8 Å². The molecule has 58 heavy (non-hydrogen) atoms. The number of unbranched alkanes of at least 4 members (excludes halogenated alkanes) is 14. The van der Waals surface area contributed by atoms with Crippen molar-refractivity contribution in [2.75, 3.05) is 47.5 Å². The molecular formula is C48H85NO8P+. The molecular weight excluding hydrogens is 750 g/mol. The first-order valence-corrected chi connectivity index (χ1v) is 24.2. The van der Waals surface area contributed by atoms with Gasteiger partial charge in [0.15, 0.2) is 6.10 Å². The molecule has 2 atom stereocenters. The zero-order valence-corrected chi connectivity index (χ0v) is 38.4. The second-order valence-electron chi connectivity index (χ2n) is 16.1. The Labute approximate surface area is 355 Å². The highest BCUT2D eigenvalue weighted by Gasteiger charge is 2.27. The van der Waals surface area contributed by atoms with Crippen LogP contribution in [0, 0.1) is 0 Å². The minimum atomic E-state index is -4.39. The zero-order chi connectivity index (χ0) is 42.8. The summed E-state index contributed by atoms with van der Waals surface area (Å²) in [6.07, 6.45) is 49.5. The van der Waals surface area contributed by atoms with Crippen LogP contribution in [0.25, 0.3) is 0 Å². The average molecular weight is 835 g/mol. The molecule has 0 aliphatic heterocycles. The van der Waals surface area contributed by atoms with Crippen LogP contribution in [0.5, 0.6) is 0 Å². The van der Waals surface area contributed by atoms with Crippen LogP contribution in [0.15, 0.2) is 72.9 Å². The van der Waals surface area contributed by atoms with Crippen LogP contribution in [0.2, 0.25) is 0 Å². The largest absolute Gasteiger partial charge is 0.472 e. The van der Waals surface area contributed by atoms with Gasteiger partial charge in [-0.1, -0.05) is 145 Å². The molecule has 0 radical (unpaired) electrons. The van der Waals surface area contributed by atoms with E-state index in [2.05, 4.69) is 86.8 Å². The molecule has 0 spiro atoms. The minimum Gasteiger partial charge on any atom is -0.462 e. The highest BCUT2D eigenvalue weighted by molar-refractivity contribution is 7.47. The fourth-order valence-corrected chi connectivity index (χ4v) is 6.36. The lowest BCUT2D eigenvalue weighted by atomic mass is 10.1. The van der Waals surface area contributed by atoms with E-state index in [0.717, 1.165) is 57.8 Å². The number of quaternary nitrogens is 1. The van der Waals surface area contributed by atoms with Crippen molar-refractivity contribution in [3.8, 4) is 0 Å². The fourth-order valence-electron chi connectivity index (χ4n) is 5.62. The van der Waals surface area contributed by atoms with Gasteiger partial charge < -0.3 is 18.9 Å². The molecule has 0 aliphatic rings. The predicted octanol–water partition coefficient (Wildman–Crippen LogP) is 13.0. The standard InChI is InChI=1S/C48H84NO8P/c1-6-8-10-12-14-16-18-20-22-24-26-28-30-32-34-36-38-40-47(50)54-44-46(45-56-58(52,53)55-43-42-49(3,4)5)57-48(51)41-39-37-35-33-31-29-27-25-23-21-19-17-15-13-11-9-7-2/h14-17,20-23,26,28,32,34,46H,6-13,18-19,24-25,27,29-31,33,35-45H2,1-5H3/p+1/b16-14+,17-15+,22-20+,23-21+,28-26+,34-32+/t46-/m1/s1. The van der Waals surface area contributed by atoms with Crippen molar-refractivity contribution in [3.63, 3.8) is 0 Å². The molecule has 0 rings (SSSR count). The van der Waals surface area contributed by atoms with Crippen molar-refractivity contribution in [2.24, 2.45) is 0 Å². The molecule has 0 aromatic carbocycles. The first-order valence-electron chi connectivity index (χ1n) is 22.7. The summed E-state index contributed by atoms with van der Waals surface area (Å²) in [4.78, 5) is 35.4. The van der Waals surface area contributed by atoms with Crippen molar-refractivity contribution in [1.29, 1.82) is 0 Å². The number of phosphoric acid groups is 1.